The number of aromatic hydroxyl groups is 1. The fraction of sp³-hybridized carbons (Fsp3) is 0.421. The smallest absolute Gasteiger partial charge is 0.343 e. The average Bonchev–Trinajstić information content (AvgIpc) is 2.56. The summed E-state index contributed by atoms with van der Waals surface area (Å²) in [4.78, 5) is 29.0. The minimum atomic E-state index is -0.638. The van der Waals surface area contributed by atoms with E-state index in [0.29, 0.717) is 17.8 Å². The number of pyridine rings is 2. The van der Waals surface area contributed by atoms with E-state index in [4.69, 9.17) is 16.3 Å². The van der Waals surface area contributed by atoms with E-state index in [2.05, 4.69) is 25.8 Å². The SMILES string of the molecule is CCOC(=O)c1cn2c(cc1=O)-c1nc(Cl)c(O)cc1CC2(C)C(C)C. The molecule has 1 atom stereocenters. The summed E-state index contributed by atoms with van der Waals surface area (Å²) in [5.74, 6) is -0.540. The van der Waals surface area contributed by atoms with Gasteiger partial charge in [0.05, 0.1) is 18.0 Å². The van der Waals surface area contributed by atoms with Gasteiger partial charge in [0.1, 0.15) is 5.56 Å². The predicted molar refractivity (Wildman–Crippen MR) is 98.8 cm³/mol. The summed E-state index contributed by atoms with van der Waals surface area (Å²) in [6, 6.07) is 2.99. The lowest BCUT2D eigenvalue weighted by molar-refractivity contribution is 0.0522. The van der Waals surface area contributed by atoms with Crippen LogP contribution in [0, 0.1) is 5.92 Å². The number of esters is 1. The van der Waals surface area contributed by atoms with Gasteiger partial charge in [-0.15, -0.1) is 0 Å². The normalized spacial score (nSPS) is 18.4. The molecule has 2 aromatic rings. The van der Waals surface area contributed by atoms with Crippen molar-refractivity contribution in [3.63, 3.8) is 0 Å². The third-order valence-corrected chi connectivity index (χ3v) is 5.45. The summed E-state index contributed by atoms with van der Waals surface area (Å²) in [6.07, 6.45) is 2.14. The first-order valence-electron chi connectivity index (χ1n) is 8.52. The second-order valence-corrected chi connectivity index (χ2v) is 7.38. The van der Waals surface area contributed by atoms with Gasteiger partial charge in [-0.25, -0.2) is 9.78 Å². The van der Waals surface area contributed by atoms with Crippen LogP contribution >= 0.6 is 11.6 Å². The van der Waals surface area contributed by atoms with E-state index in [1.165, 1.54) is 6.07 Å². The molecule has 0 bridgehead atoms. The number of hydrogen-bond donors (Lipinski definition) is 1. The zero-order chi connectivity index (χ0) is 19.2. The van der Waals surface area contributed by atoms with Crippen LogP contribution in [0.3, 0.4) is 0 Å². The van der Waals surface area contributed by atoms with Crippen molar-refractivity contribution < 1.29 is 14.6 Å². The van der Waals surface area contributed by atoms with Gasteiger partial charge in [0.2, 0.25) is 0 Å². The van der Waals surface area contributed by atoms with Gasteiger partial charge in [0.25, 0.3) is 0 Å². The predicted octanol–water partition coefficient (Wildman–Crippen LogP) is 3.37. The topological polar surface area (TPSA) is 81.4 Å². The minimum Gasteiger partial charge on any atom is -0.505 e. The van der Waals surface area contributed by atoms with Crippen LogP contribution in [0.5, 0.6) is 5.75 Å². The van der Waals surface area contributed by atoms with E-state index >= 15 is 0 Å². The van der Waals surface area contributed by atoms with Crippen molar-refractivity contribution in [2.24, 2.45) is 5.92 Å². The minimum absolute atomic E-state index is 0.00389. The second-order valence-electron chi connectivity index (χ2n) is 7.02. The van der Waals surface area contributed by atoms with Gasteiger partial charge in [0, 0.05) is 17.8 Å². The van der Waals surface area contributed by atoms with E-state index < -0.39 is 16.9 Å². The Kier molecular flexibility index (Phi) is 4.56. The lowest BCUT2D eigenvalue weighted by atomic mass is 9.78. The number of aromatic nitrogens is 2. The molecule has 0 spiro atoms. The Labute approximate surface area is 156 Å². The van der Waals surface area contributed by atoms with Crippen LogP contribution in [-0.2, 0) is 16.7 Å². The maximum absolute atomic E-state index is 12.5. The van der Waals surface area contributed by atoms with Gasteiger partial charge in [-0.3, -0.25) is 4.79 Å². The summed E-state index contributed by atoms with van der Waals surface area (Å²) >= 11 is 5.99. The molecule has 1 unspecified atom stereocenters. The molecule has 0 radical (unpaired) electrons. The molecule has 1 N–H and O–H groups in total. The highest BCUT2D eigenvalue weighted by atomic mass is 35.5. The first-order valence-corrected chi connectivity index (χ1v) is 8.90. The monoisotopic (exact) mass is 376 g/mol. The van der Waals surface area contributed by atoms with Crippen LogP contribution in [-0.4, -0.2) is 27.2 Å². The van der Waals surface area contributed by atoms with Crippen molar-refractivity contribution in [1.82, 2.24) is 9.55 Å². The zero-order valence-electron chi connectivity index (χ0n) is 15.2. The van der Waals surface area contributed by atoms with Crippen molar-refractivity contribution in [3.05, 3.63) is 44.8 Å². The molecule has 0 aromatic carbocycles. The highest BCUT2D eigenvalue weighted by molar-refractivity contribution is 6.30. The van der Waals surface area contributed by atoms with Gasteiger partial charge < -0.3 is 14.4 Å². The van der Waals surface area contributed by atoms with E-state index in [0.717, 1.165) is 5.56 Å². The van der Waals surface area contributed by atoms with Crippen molar-refractivity contribution in [2.75, 3.05) is 6.61 Å². The Morgan fingerprint density at radius 3 is 2.77 bits per heavy atom. The van der Waals surface area contributed by atoms with Crippen LogP contribution in [0.2, 0.25) is 5.15 Å². The van der Waals surface area contributed by atoms with Crippen LogP contribution < -0.4 is 5.43 Å². The first-order chi connectivity index (χ1) is 12.2. The molecule has 0 aliphatic carbocycles. The van der Waals surface area contributed by atoms with Gasteiger partial charge in [0.15, 0.2) is 16.3 Å². The molecule has 0 amide bonds. The number of rotatable bonds is 3. The van der Waals surface area contributed by atoms with Crippen LogP contribution in [0.4, 0.5) is 0 Å². The third kappa shape index (κ3) is 2.78. The molecule has 0 saturated heterocycles. The van der Waals surface area contributed by atoms with Gasteiger partial charge >= 0.3 is 5.97 Å². The molecule has 26 heavy (non-hydrogen) atoms. The summed E-state index contributed by atoms with van der Waals surface area (Å²) in [5, 5.41) is 9.92. The molecule has 1 aliphatic heterocycles. The van der Waals surface area contributed by atoms with Crippen LogP contribution in [0.1, 0.15) is 43.6 Å². The van der Waals surface area contributed by atoms with E-state index in [1.54, 1.807) is 19.2 Å². The van der Waals surface area contributed by atoms with Crippen molar-refractivity contribution >= 4 is 17.6 Å². The molecule has 138 valence electrons. The standard InChI is InChI=1S/C19H21ClN2O4/c1-5-26-18(25)12-9-22-13(7-14(12)23)16-11(6-15(24)17(20)21-16)8-19(22,4)10(2)3/h6-7,9-10,24H,5,8H2,1-4H3. The van der Waals surface area contributed by atoms with Gasteiger partial charge in [-0.2, -0.15) is 0 Å². The Bertz CT molecular complexity index is 951. The molecule has 2 aromatic heterocycles. The summed E-state index contributed by atoms with van der Waals surface area (Å²) in [7, 11) is 0. The van der Waals surface area contributed by atoms with Gasteiger partial charge in [-0.1, -0.05) is 25.4 Å². The lowest BCUT2D eigenvalue weighted by Crippen LogP contribution is -2.43. The quantitative estimate of drug-likeness (QED) is 0.656. The van der Waals surface area contributed by atoms with Gasteiger partial charge in [-0.05, 0) is 37.8 Å². The summed E-state index contributed by atoms with van der Waals surface area (Å²) in [5.41, 5.74) is 1.07. The average molecular weight is 377 g/mol. The maximum atomic E-state index is 12.5. The molecule has 7 heteroatoms. The Morgan fingerprint density at radius 1 is 1.46 bits per heavy atom. The molecule has 3 rings (SSSR count). The highest BCUT2D eigenvalue weighted by Crippen LogP contribution is 2.42. The van der Waals surface area contributed by atoms with E-state index in [9.17, 15) is 14.7 Å². The fourth-order valence-electron chi connectivity index (χ4n) is 3.33. The number of ether oxygens (including phenoxy) is 1. The Hall–Kier alpha value is -2.34. The van der Waals surface area contributed by atoms with Crippen molar-refractivity contribution in [1.29, 1.82) is 0 Å². The molecular weight excluding hydrogens is 356 g/mol. The van der Waals surface area contributed by atoms with Crippen molar-refractivity contribution in [3.8, 4) is 17.1 Å². The largest absolute Gasteiger partial charge is 0.505 e. The molecule has 0 saturated carbocycles. The van der Waals surface area contributed by atoms with Crippen LogP contribution in [0.25, 0.3) is 11.4 Å². The summed E-state index contributed by atoms with van der Waals surface area (Å²) in [6.45, 7) is 8.08. The van der Waals surface area contributed by atoms with Crippen molar-refractivity contribution in [2.45, 2.75) is 39.7 Å². The number of nitrogens with zero attached hydrogens (tertiary/aromatic N) is 2. The molecule has 3 heterocycles. The lowest BCUT2D eigenvalue weighted by Gasteiger charge is -2.42. The first kappa shape index (κ1) is 18.5. The molecular formula is C19H21ClN2O4. The Morgan fingerprint density at radius 2 is 2.15 bits per heavy atom. The Balaban J connectivity index is 2.32. The molecule has 6 nitrogen and oxygen atoms in total. The highest BCUT2D eigenvalue weighted by Gasteiger charge is 2.38. The molecule has 1 aliphatic rings. The maximum Gasteiger partial charge on any atom is 0.343 e. The number of fused-ring (bicyclic) bond motifs is 3. The number of hydrogen-bond acceptors (Lipinski definition) is 5. The second kappa shape index (κ2) is 6.43. The summed E-state index contributed by atoms with van der Waals surface area (Å²) < 4.78 is 6.92. The number of carbonyl (C=O) groups is 1. The third-order valence-electron chi connectivity index (χ3n) is 5.17. The zero-order valence-corrected chi connectivity index (χ0v) is 15.9. The van der Waals surface area contributed by atoms with Crippen LogP contribution in [0.15, 0.2) is 23.1 Å². The molecule has 0 fully saturated rings. The number of carbonyl (C=O) groups excluding carboxylic acids is 1. The number of halogens is 1. The fourth-order valence-corrected chi connectivity index (χ4v) is 3.47. The van der Waals surface area contributed by atoms with E-state index in [-0.39, 0.29) is 29.0 Å². The van der Waals surface area contributed by atoms with E-state index in [1.807, 2.05) is 4.57 Å².